The highest BCUT2D eigenvalue weighted by atomic mass is 32.2. The molecule has 1 heterocycles. The zero-order valence-corrected chi connectivity index (χ0v) is 37.4. The van der Waals surface area contributed by atoms with Crippen LogP contribution in [0.25, 0.3) is 0 Å². The normalized spacial score (nSPS) is 13.8. The van der Waals surface area contributed by atoms with Crippen LogP contribution in [0.4, 0.5) is 0 Å². The van der Waals surface area contributed by atoms with E-state index in [1.807, 2.05) is 42.5 Å². The van der Waals surface area contributed by atoms with Gasteiger partial charge in [0.2, 0.25) is 0 Å². The predicted molar refractivity (Wildman–Crippen MR) is 233 cm³/mol. The Hall–Kier alpha value is -3.30. The van der Waals surface area contributed by atoms with Gasteiger partial charge in [0, 0.05) is 0 Å². The molecule has 0 aliphatic carbocycles. The summed E-state index contributed by atoms with van der Waals surface area (Å²) in [7, 11) is 0. The van der Waals surface area contributed by atoms with E-state index in [0.717, 1.165) is 37.6 Å². The van der Waals surface area contributed by atoms with E-state index >= 15 is 0 Å². The Morgan fingerprint density at radius 3 is 0.927 bits per heavy atom. The zero-order chi connectivity index (χ0) is 40.2. The number of benzene rings is 5. The van der Waals surface area contributed by atoms with E-state index in [0.29, 0.717) is 41.7 Å². The summed E-state index contributed by atoms with van der Waals surface area (Å²) >= 11 is 5.73. The molecule has 4 nitrogen and oxygen atoms in total. The first-order valence-corrected chi connectivity index (χ1v) is 21.9. The third kappa shape index (κ3) is 9.30. The van der Waals surface area contributed by atoms with Crippen LogP contribution < -0.4 is 4.74 Å². The lowest BCUT2D eigenvalue weighted by molar-refractivity contribution is 0.290. The van der Waals surface area contributed by atoms with Crippen LogP contribution in [0.5, 0.6) is 23.0 Å². The molecule has 0 radical (unpaired) electrons. The largest absolute Gasteiger partial charge is 0.506 e. The Labute approximate surface area is 345 Å². The molecule has 0 amide bonds. The van der Waals surface area contributed by atoms with E-state index in [1.54, 1.807) is 0 Å². The number of phenolic OH excluding ortho intramolecular Hbond substituents is 3. The fraction of sp³-hybridized carbons (Fsp3) is 0.362. The second-order valence-corrected chi connectivity index (χ2v) is 22.8. The quantitative estimate of drug-likeness (QED) is 0.163. The van der Waals surface area contributed by atoms with Gasteiger partial charge in [-0.3, -0.25) is 0 Å². The standard InChI is InChI=1S/C47H54O4S4/c1-44(2,3)28-18-32-40(48)33(19-28)53-35-21-30(46(7,8)9)23-37(42(35)50)55-39-25-31(47(10,11)12)24-38(43(39)51-26-27-16-14-13-15-17-27)54-36-22-29(45(4,5)6)20-34(52-32)41(36)49/h13-25,48-50H,26H2,1-12H3. The number of hydrogen-bond donors (Lipinski definition) is 3. The van der Waals surface area contributed by atoms with E-state index in [2.05, 4.69) is 119 Å². The molecular formula is C47H54O4S4. The second kappa shape index (κ2) is 15.2. The third-order valence-corrected chi connectivity index (χ3v) is 13.9. The molecule has 0 unspecified atom stereocenters. The third-order valence-electron chi connectivity index (χ3n) is 9.71. The van der Waals surface area contributed by atoms with Gasteiger partial charge >= 0.3 is 0 Å². The van der Waals surface area contributed by atoms with Crippen molar-refractivity contribution in [1.29, 1.82) is 0 Å². The van der Waals surface area contributed by atoms with Crippen LogP contribution in [-0.4, -0.2) is 15.3 Å². The maximum absolute atomic E-state index is 12.2. The molecule has 55 heavy (non-hydrogen) atoms. The van der Waals surface area contributed by atoms with E-state index in [4.69, 9.17) is 4.74 Å². The van der Waals surface area contributed by atoms with Gasteiger partial charge in [-0.25, -0.2) is 0 Å². The first-order valence-electron chi connectivity index (χ1n) is 18.7. The second-order valence-electron chi connectivity index (χ2n) is 18.4. The SMILES string of the molecule is CC(C)(C)c1cc2c(O)c(c1)Sc1cc(C(C)(C)C)cc(c1O)Sc1cc(C(C)(C)C)cc(c1OCc1ccccc1)Sc1cc(C(C)(C)C)cc(c1O)S2. The molecule has 1 aliphatic heterocycles. The molecule has 0 saturated heterocycles. The van der Waals surface area contributed by atoms with Crippen LogP contribution >= 0.6 is 47.0 Å². The van der Waals surface area contributed by atoms with E-state index in [-0.39, 0.29) is 38.9 Å². The Morgan fingerprint density at radius 1 is 0.400 bits per heavy atom. The van der Waals surface area contributed by atoms with Gasteiger partial charge in [0.05, 0.1) is 39.2 Å². The molecule has 5 aromatic rings. The van der Waals surface area contributed by atoms with Gasteiger partial charge in [-0.15, -0.1) is 0 Å². The van der Waals surface area contributed by atoms with Gasteiger partial charge in [-0.2, -0.15) is 0 Å². The highest BCUT2D eigenvalue weighted by Crippen LogP contribution is 2.55. The average molecular weight is 811 g/mol. The van der Waals surface area contributed by atoms with E-state index in [9.17, 15) is 15.3 Å². The van der Waals surface area contributed by atoms with Crippen molar-refractivity contribution < 1.29 is 20.1 Å². The summed E-state index contributed by atoms with van der Waals surface area (Å²) in [5, 5.41) is 36.4. The molecule has 3 N–H and O–H groups in total. The Kier molecular flexibility index (Phi) is 11.4. The number of rotatable bonds is 3. The summed E-state index contributed by atoms with van der Waals surface area (Å²) in [6.45, 7) is 26.5. The number of phenols is 3. The molecule has 1 aliphatic rings. The Morgan fingerprint density at radius 2 is 0.655 bits per heavy atom. The number of ether oxygens (including phenoxy) is 1. The van der Waals surface area contributed by atoms with Crippen molar-refractivity contribution in [2.75, 3.05) is 0 Å². The maximum Gasteiger partial charge on any atom is 0.147 e. The average Bonchev–Trinajstić information content (AvgIpc) is 3.07. The van der Waals surface area contributed by atoms with Crippen molar-refractivity contribution >= 4 is 47.0 Å². The number of hydrogen-bond acceptors (Lipinski definition) is 8. The fourth-order valence-corrected chi connectivity index (χ4v) is 10.5. The molecule has 0 spiro atoms. The van der Waals surface area contributed by atoms with E-state index < -0.39 is 0 Å². The van der Waals surface area contributed by atoms with Crippen LogP contribution in [0.1, 0.15) is 111 Å². The monoisotopic (exact) mass is 810 g/mol. The molecule has 8 bridgehead atoms. The lowest BCUT2D eigenvalue weighted by atomic mass is 9.87. The van der Waals surface area contributed by atoms with Crippen LogP contribution in [0, 0.1) is 0 Å². The predicted octanol–water partition coefficient (Wildman–Crippen LogP) is 14.5. The lowest BCUT2D eigenvalue weighted by Gasteiger charge is -2.27. The minimum Gasteiger partial charge on any atom is -0.506 e. The van der Waals surface area contributed by atoms with Crippen LogP contribution in [0.3, 0.4) is 0 Å². The summed E-state index contributed by atoms with van der Waals surface area (Å²) in [6, 6.07) is 26.8. The van der Waals surface area contributed by atoms with Gasteiger partial charge in [-0.05, 0) is 98.0 Å². The maximum atomic E-state index is 12.2. The van der Waals surface area contributed by atoms with Crippen molar-refractivity contribution in [1.82, 2.24) is 0 Å². The molecule has 5 aromatic carbocycles. The molecule has 290 valence electrons. The summed E-state index contributed by atoms with van der Waals surface area (Å²) in [5.41, 5.74) is 4.46. The first kappa shape index (κ1) is 41.3. The summed E-state index contributed by atoms with van der Waals surface area (Å²) in [6.07, 6.45) is 0. The summed E-state index contributed by atoms with van der Waals surface area (Å²) in [5.74, 6) is 1.14. The van der Waals surface area contributed by atoms with Crippen molar-refractivity contribution in [2.45, 2.75) is 151 Å². The molecule has 0 aromatic heterocycles. The number of aromatic hydroxyl groups is 3. The zero-order valence-electron chi connectivity index (χ0n) is 34.1. The number of fused-ring (bicyclic) bond motifs is 8. The molecule has 0 saturated carbocycles. The summed E-state index contributed by atoms with van der Waals surface area (Å²) < 4.78 is 6.83. The lowest BCUT2D eigenvalue weighted by Crippen LogP contribution is -2.13. The van der Waals surface area contributed by atoms with Crippen LogP contribution in [-0.2, 0) is 28.3 Å². The first-order chi connectivity index (χ1) is 25.5. The van der Waals surface area contributed by atoms with Crippen LogP contribution in [0.15, 0.2) is 118 Å². The molecule has 6 rings (SSSR count). The van der Waals surface area contributed by atoms with Crippen molar-refractivity contribution in [3.05, 3.63) is 107 Å². The van der Waals surface area contributed by atoms with Gasteiger partial charge < -0.3 is 20.1 Å². The van der Waals surface area contributed by atoms with Gasteiger partial charge in [-0.1, -0.05) is 160 Å². The highest BCUT2D eigenvalue weighted by molar-refractivity contribution is 8.01. The Bertz CT molecular complexity index is 2120. The van der Waals surface area contributed by atoms with Crippen molar-refractivity contribution in [3.63, 3.8) is 0 Å². The van der Waals surface area contributed by atoms with Crippen molar-refractivity contribution in [3.8, 4) is 23.0 Å². The van der Waals surface area contributed by atoms with Gasteiger partial charge in [0.1, 0.15) is 29.6 Å². The minimum atomic E-state index is -0.227. The highest BCUT2D eigenvalue weighted by Gasteiger charge is 2.29. The van der Waals surface area contributed by atoms with Gasteiger partial charge in [0.15, 0.2) is 0 Å². The fourth-order valence-electron chi connectivity index (χ4n) is 6.02. The Balaban J connectivity index is 1.70. The molecular weight excluding hydrogens is 757 g/mol. The molecule has 0 fully saturated rings. The summed E-state index contributed by atoms with van der Waals surface area (Å²) in [4.78, 5) is 5.75. The topological polar surface area (TPSA) is 69.9 Å². The minimum absolute atomic E-state index is 0.122. The van der Waals surface area contributed by atoms with Crippen LogP contribution in [0.2, 0.25) is 0 Å². The van der Waals surface area contributed by atoms with E-state index in [1.165, 1.54) is 47.0 Å². The van der Waals surface area contributed by atoms with Crippen molar-refractivity contribution in [2.24, 2.45) is 0 Å². The molecule has 0 atom stereocenters. The smallest absolute Gasteiger partial charge is 0.147 e. The van der Waals surface area contributed by atoms with Gasteiger partial charge in [0.25, 0.3) is 0 Å². The molecule has 8 heteroatoms.